The van der Waals surface area contributed by atoms with Gasteiger partial charge in [0, 0.05) is 11.3 Å². The van der Waals surface area contributed by atoms with Gasteiger partial charge in [-0.05, 0) is 100 Å². The largest absolute Gasteiger partial charge is 0.393 e. The summed E-state index contributed by atoms with van der Waals surface area (Å²) in [5, 5.41) is 46.2. The van der Waals surface area contributed by atoms with E-state index in [2.05, 4.69) is 13.8 Å². The van der Waals surface area contributed by atoms with Crippen LogP contribution in [-0.2, 0) is 9.53 Å². The first-order valence-corrected chi connectivity index (χ1v) is 15.9. The molecule has 3 saturated carbocycles. The van der Waals surface area contributed by atoms with Crippen molar-refractivity contribution in [3.05, 3.63) is 11.6 Å². The fourth-order valence-electron chi connectivity index (χ4n) is 9.93. The maximum atomic E-state index is 13.8. The number of unbranched alkanes of at least 4 members (excludes halogenated alkanes) is 3. The van der Waals surface area contributed by atoms with Crippen LogP contribution in [0.5, 0.6) is 0 Å². The van der Waals surface area contributed by atoms with E-state index < -0.39 is 40.5 Å². The lowest BCUT2D eigenvalue weighted by Crippen LogP contribution is -2.62. The molecule has 0 amide bonds. The summed E-state index contributed by atoms with van der Waals surface area (Å²) < 4.78 is 5.99. The van der Waals surface area contributed by atoms with Crippen LogP contribution < -0.4 is 0 Å². The van der Waals surface area contributed by atoms with Gasteiger partial charge in [-0.15, -0.1) is 0 Å². The number of carbonyl (C=O) groups excluding carboxylic acids is 1. The Morgan fingerprint density at radius 3 is 2.41 bits per heavy atom. The van der Waals surface area contributed by atoms with Gasteiger partial charge in [-0.2, -0.15) is 0 Å². The Bertz CT molecular complexity index is 985. The van der Waals surface area contributed by atoms with Gasteiger partial charge in [-0.3, -0.25) is 4.79 Å². The number of aliphatic hydroxyl groups is 4. The lowest BCUT2D eigenvalue weighted by molar-refractivity contribution is -0.156. The molecule has 5 aliphatic rings. The van der Waals surface area contributed by atoms with Gasteiger partial charge in [-0.25, -0.2) is 0 Å². The van der Waals surface area contributed by atoms with Gasteiger partial charge in [0.05, 0.1) is 22.9 Å². The zero-order valence-corrected chi connectivity index (χ0v) is 25.2. The van der Waals surface area contributed by atoms with E-state index >= 15 is 0 Å². The molecule has 222 valence electrons. The Balaban J connectivity index is 1.46. The minimum Gasteiger partial charge on any atom is -0.393 e. The summed E-state index contributed by atoms with van der Waals surface area (Å²) in [5.74, 6) is -0.159. The van der Waals surface area contributed by atoms with Crippen LogP contribution in [0.1, 0.15) is 119 Å². The van der Waals surface area contributed by atoms with Crippen molar-refractivity contribution in [1.82, 2.24) is 0 Å². The quantitative estimate of drug-likeness (QED) is 0.237. The minimum absolute atomic E-state index is 0.0104. The van der Waals surface area contributed by atoms with Gasteiger partial charge >= 0.3 is 0 Å². The van der Waals surface area contributed by atoms with Crippen LogP contribution in [0.15, 0.2) is 11.6 Å². The fourth-order valence-corrected chi connectivity index (χ4v) is 9.93. The third kappa shape index (κ3) is 4.33. The van der Waals surface area contributed by atoms with Crippen LogP contribution in [0.2, 0.25) is 0 Å². The summed E-state index contributed by atoms with van der Waals surface area (Å²) in [5.41, 5.74) is -3.26. The Morgan fingerprint density at radius 2 is 1.74 bits per heavy atom. The summed E-state index contributed by atoms with van der Waals surface area (Å²) in [6.07, 6.45) is 11.0. The SMILES string of the molecule is CCCCCC[C@]12CC[C@H](O)C[C@H]1C(=O)C=C1[C@@H]2CC[C@]2(C)[C@@H]([C@@](C)(O)[C@H]3O[C@@H]3[C@](C)(O)C(C)C)CC[C@@]12O. The summed E-state index contributed by atoms with van der Waals surface area (Å²) in [7, 11) is 0. The molecule has 1 aliphatic heterocycles. The topological polar surface area (TPSA) is 111 Å². The Hall–Kier alpha value is -0.790. The number of ether oxygens (including phenoxy) is 1. The van der Waals surface area contributed by atoms with Crippen LogP contribution >= 0.6 is 0 Å². The van der Waals surface area contributed by atoms with Crippen molar-refractivity contribution in [2.75, 3.05) is 0 Å². The van der Waals surface area contributed by atoms with Gasteiger partial charge in [-0.1, -0.05) is 53.4 Å². The summed E-state index contributed by atoms with van der Waals surface area (Å²) in [4.78, 5) is 13.8. The van der Waals surface area contributed by atoms with E-state index in [4.69, 9.17) is 4.74 Å². The fraction of sp³-hybridized carbons (Fsp3) is 0.909. The van der Waals surface area contributed by atoms with Crippen LogP contribution in [0.25, 0.3) is 0 Å². The molecule has 0 spiro atoms. The molecule has 6 nitrogen and oxygen atoms in total. The molecular weight excluding hydrogens is 492 g/mol. The van der Waals surface area contributed by atoms with E-state index in [9.17, 15) is 25.2 Å². The van der Waals surface area contributed by atoms with Gasteiger partial charge in [0.25, 0.3) is 0 Å². The molecule has 0 aromatic rings. The summed E-state index contributed by atoms with van der Waals surface area (Å²) in [6, 6.07) is 0. The number of rotatable bonds is 9. The number of aliphatic hydroxyl groups excluding tert-OH is 1. The van der Waals surface area contributed by atoms with Crippen molar-refractivity contribution in [3.8, 4) is 0 Å². The molecule has 0 aromatic heterocycles. The number of epoxide rings is 1. The number of carbonyl (C=O) groups is 1. The third-order valence-electron chi connectivity index (χ3n) is 12.8. The molecule has 0 radical (unpaired) electrons. The van der Waals surface area contributed by atoms with Crippen molar-refractivity contribution in [2.24, 2.45) is 34.5 Å². The lowest BCUT2D eigenvalue weighted by Gasteiger charge is -2.61. The Kier molecular flexibility index (Phi) is 7.54. The third-order valence-corrected chi connectivity index (χ3v) is 12.8. The zero-order valence-electron chi connectivity index (χ0n) is 25.2. The smallest absolute Gasteiger partial charge is 0.159 e. The molecule has 0 unspecified atom stereocenters. The molecule has 4 N–H and O–H groups in total. The van der Waals surface area contributed by atoms with Gasteiger partial charge in [0.15, 0.2) is 5.78 Å². The van der Waals surface area contributed by atoms with E-state index in [1.54, 1.807) is 13.0 Å². The van der Waals surface area contributed by atoms with E-state index in [-0.39, 0.29) is 34.9 Å². The number of fused-ring (bicyclic) bond motifs is 5. The second-order valence-electron chi connectivity index (χ2n) is 15.1. The highest BCUT2D eigenvalue weighted by Crippen LogP contribution is 2.70. The molecule has 1 heterocycles. The molecular formula is C33H54O6. The maximum absolute atomic E-state index is 13.8. The van der Waals surface area contributed by atoms with E-state index in [0.717, 1.165) is 50.5 Å². The Morgan fingerprint density at radius 1 is 1.03 bits per heavy atom. The second kappa shape index (κ2) is 9.90. The first kappa shape index (κ1) is 29.7. The lowest BCUT2D eigenvalue weighted by atomic mass is 9.44. The normalized spacial score (nSPS) is 46.5. The van der Waals surface area contributed by atoms with Crippen LogP contribution in [0.3, 0.4) is 0 Å². The number of allylic oxidation sites excluding steroid dienone is 1. The first-order valence-electron chi connectivity index (χ1n) is 15.9. The van der Waals surface area contributed by atoms with Crippen LogP contribution in [0, 0.1) is 34.5 Å². The Labute approximate surface area is 235 Å². The average molecular weight is 547 g/mol. The second-order valence-corrected chi connectivity index (χ2v) is 15.1. The number of ketones is 1. The van der Waals surface area contributed by atoms with Crippen molar-refractivity contribution in [1.29, 1.82) is 0 Å². The highest BCUT2D eigenvalue weighted by atomic mass is 16.6. The molecule has 5 rings (SSSR count). The number of hydrogen-bond donors (Lipinski definition) is 4. The van der Waals surface area contributed by atoms with E-state index in [1.807, 2.05) is 20.8 Å². The monoisotopic (exact) mass is 546 g/mol. The van der Waals surface area contributed by atoms with Crippen molar-refractivity contribution in [3.63, 3.8) is 0 Å². The average Bonchev–Trinajstić information content (AvgIpc) is 3.64. The highest BCUT2D eigenvalue weighted by molar-refractivity contribution is 5.95. The molecule has 6 heteroatoms. The number of hydrogen-bond acceptors (Lipinski definition) is 6. The van der Waals surface area contributed by atoms with Crippen LogP contribution in [0.4, 0.5) is 0 Å². The van der Waals surface area contributed by atoms with Gasteiger partial charge in [0.2, 0.25) is 0 Å². The molecule has 1 saturated heterocycles. The highest BCUT2D eigenvalue weighted by Gasteiger charge is 2.72. The summed E-state index contributed by atoms with van der Waals surface area (Å²) >= 11 is 0. The van der Waals surface area contributed by atoms with Crippen LogP contribution in [-0.4, -0.2) is 61.3 Å². The standard InChI is InChI=1S/C33H54O6/c1-7-8-9-10-14-32-16-11-21(34)18-24(32)25(35)19-23-22(32)12-15-29(4)26(13-17-33(23,29)38)31(6,37)28-27(39-28)30(5,36)20(2)3/h19-22,24,26-28,34,36-38H,7-18H2,1-6H3/t21-,22-,24-,26-,27-,28-,29+,30+,31+,32+,33+/m0/s1. The molecule has 4 aliphatic carbocycles. The predicted molar refractivity (Wildman–Crippen MR) is 151 cm³/mol. The van der Waals surface area contributed by atoms with Crippen molar-refractivity contribution in [2.45, 2.75) is 154 Å². The molecule has 0 aromatic carbocycles. The summed E-state index contributed by atoms with van der Waals surface area (Å²) in [6.45, 7) is 11.9. The first-order chi connectivity index (χ1) is 18.2. The molecule has 39 heavy (non-hydrogen) atoms. The molecule has 4 fully saturated rings. The zero-order chi connectivity index (χ0) is 28.6. The van der Waals surface area contributed by atoms with E-state index in [1.165, 1.54) is 12.8 Å². The van der Waals surface area contributed by atoms with Gasteiger partial charge < -0.3 is 25.2 Å². The van der Waals surface area contributed by atoms with Gasteiger partial charge in [0.1, 0.15) is 12.2 Å². The van der Waals surface area contributed by atoms with Crippen molar-refractivity contribution < 1.29 is 30.0 Å². The molecule has 0 bridgehead atoms. The van der Waals surface area contributed by atoms with Crippen molar-refractivity contribution >= 4 is 5.78 Å². The van der Waals surface area contributed by atoms with E-state index in [0.29, 0.717) is 19.3 Å². The maximum Gasteiger partial charge on any atom is 0.159 e. The predicted octanol–water partition coefficient (Wildman–Crippen LogP) is 5.10. The minimum atomic E-state index is -1.20. The molecule has 11 atom stereocenters.